The van der Waals surface area contributed by atoms with Gasteiger partial charge in [-0.25, -0.2) is 0 Å². The number of halogens is 1. The molecule has 1 rings (SSSR count). The van der Waals surface area contributed by atoms with Crippen molar-refractivity contribution in [3.8, 4) is 0 Å². The van der Waals surface area contributed by atoms with E-state index >= 15 is 0 Å². The molecular formula is C16H25ClN2O. The molecular weight excluding hydrogens is 272 g/mol. The Morgan fingerprint density at radius 2 is 1.90 bits per heavy atom. The number of carbonyl (C=O) groups is 1. The van der Waals surface area contributed by atoms with Crippen molar-refractivity contribution in [2.45, 2.75) is 39.7 Å². The van der Waals surface area contributed by atoms with E-state index in [1.54, 1.807) is 0 Å². The van der Waals surface area contributed by atoms with Crippen LogP contribution in [0.4, 0.5) is 0 Å². The number of nitrogens with one attached hydrogen (secondary N) is 1. The van der Waals surface area contributed by atoms with Gasteiger partial charge >= 0.3 is 0 Å². The quantitative estimate of drug-likeness (QED) is 0.809. The van der Waals surface area contributed by atoms with E-state index < -0.39 is 0 Å². The average Bonchev–Trinajstić information content (AvgIpc) is 2.42. The zero-order chi connectivity index (χ0) is 15.1. The first-order valence-electron chi connectivity index (χ1n) is 7.23. The predicted octanol–water partition coefficient (Wildman–Crippen LogP) is 3.53. The number of benzene rings is 1. The summed E-state index contributed by atoms with van der Waals surface area (Å²) in [5.41, 5.74) is 6.79. The van der Waals surface area contributed by atoms with Gasteiger partial charge in [0.05, 0.1) is 12.0 Å². The largest absolute Gasteiger partial charge is 0.349 e. The second-order valence-corrected chi connectivity index (χ2v) is 6.02. The van der Waals surface area contributed by atoms with Gasteiger partial charge in [-0.2, -0.15) is 0 Å². The number of carbonyl (C=O) groups excluding carboxylic acids is 1. The van der Waals surface area contributed by atoms with Gasteiger partial charge in [-0.15, -0.1) is 0 Å². The summed E-state index contributed by atoms with van der Waals surface area (Å²) in [6.45, 7) is 6.65. The van der Waals surface area contributed by atoms with Gasteiger partial charge in [0.1, 0.15) is 0 Å². The summed E-state index contributed by atoms with van der Waals surface area (Å²) in [7, 11) is 0. The van der Waals surface area contributed by atoms with E-state index in [9.17, 15) is 4.79 Å². The van der Waals surface area contributed by atoms with Crippen LogP contribution in [0.25, 0.3) is 0 Å². The van der Waals surface area contributed by atoms with Crippen LogP contribution in [0.5, 0.6) is 0 Å². The molecule has 0 aliphatic rings. The lowest BCUT2D eigenvalue weighted by molar-refractivity contribution is -0.126. The Labute approximate surface area is 126 Å². The van der Waals surface area contributed by atoms with Gasteiger partial charge in [-0.3, -0.25) is 4.79 Å². The summed E-state index contributed by atoms with van der Waals surface area (Å²) >= 11 is 5.89. The molecule has 1 amide bonds. The molecule has 1 aromatic carbocycles. The Hall–Kier alpha value is -1.06. The molecule has 0 saturated heterocycles. The summed E-state index contributed by atoms with van der Waals surface area (Å²) in [5.74, 6) is 0.393. The molecule has 3 nitrogen and oxygen atoms in total. The lowest BCUT2D eigenvalue weighted by Crippen LogP contribution is -2.37. The monoisotopic (exact) mass is 296 g/mol. The standard InChI is InChI=1S/C16H25ClN2O/c1-4-15(12-5-7-14(17)8-6-12)19-16(20)13(10-18)9-11(2)3/h5-8,11,13,15H,4,9-10,18H2,1-3H3,(H,19,20). The zero-order valence-electron chi connectivity index (χ0n) is 12.5. The maximum Gasteiger partial charge on any atom is 0.224 e. The van der Waals surface area contributed by atoms with E-state index in [0.717, 1.165) is 18.4 Å². The SMILES string of the molecule is CCC(NC(=O)C(CN)CC(C)C)c1ccc(Cl)cc1. The van der Waals surface area contributed by atoms with Crippen LogP contribution in [-0.2, 0) is 4.79 Å². The van der Waals surface area contributed by atoms with Gasteiger partial charge in [0.25, 0.3) is 0 Å². The van der Waals surface area contributed by atoms with Crippen molar-refractivity contribution >= 4 is 17.5 Å². The Bertz CT molecular complexity index is 417. The molecule has 0 spiro atoms. The number of hydrogen-bond acceptors (Lipinski definition) is 2. The van der Waals surface area contributed by atoms with Gasteiger partial charge in [0.2, 0.25) is 5.91 Å². The van der Waals surface area contributed by atoms with Crippen LogP contribution in [-0.4, -0.2) is 12.5 Å². The van der Waals surface area contributed by atoms with Crippen LogP contribution in [0.15, 0.2) is 24.3 Å². The fourth-order valence-electron chi connectivity index (χ4n) is 2.29. The van der Waals surface area contributed by atoms with Crippen molar-refractivity contribution in [1.29, 1.82) is 0 Å². The van der Waals surface area contributed by atoms with Gasteiger partial charge < -0.3 is 11.1 Å². The Morgan fingerprint density at radius 3 is 2.35 bits per heavy atom. The van der Waals surface area contributed by atoms with E-state index in [2.05, 4.69) is 26.1 Å². The second kappa shape index (κ2) is 8.28. The molecule has 2 atom stereocenters. The van der Waals surface area contributed by atoms with Gasteiger partial charge in [0.15, 0.2) is 0 Å². The van der Waals surface area contributed by atoms with Crippen molar-refractivity contribution < 1.29 is 4.79 Å². The molecule has 4 heteroatoms. The number of amides is 1. The van der Waals surface area contributed by atoms with Crippen LogP contribution in [0.1, 0.15) is 45.2 Å². The molecule has 0 aliphatic heterocycles. The highest BCUT2D eigenvalue weighted by molar-refractivity contribution is 6.30. The zero-order valence-corrected chi connectivity index (χ0v) is 13.3. The van der Waals surface area contributed by atoms with Crippen LogP contribution >= 0.6 is 11.6 Å². The Morgan fingerprint density at radius 1 is 1.30 bits per heavy atom. The lowest BCUT2D eigenvalue weighted by atomic mass is 9.95. The number of hydrogen-bond donors (Lipinski definition) is 2. The molecule has 0 aliphatic carbocycles. The van der Waals surface area contributed by atoms with E-state index in [1.165, 1.54) is 0 Å². The molecule has 0 heterocycles. The summed E-state index contributed by atoms with van der Waals surface area (Å²) in [4.78, 5) is 12.3. The van der Waals surface area contributed by atoms with E-state index in [4.69, 9.17) is 17.3 Å². The molecule has 3 N–H and O–H groups in total. The lowest BCUT2D eigenvalue weighted by Gasteiger charge is -2.22. The van der Waals surface area contributed by atoms with Crippen molar-refractivity contribution in [3.05, 3.63) is 34.9 Å². The maximum absolute atomic E-state index is 12.3. The minimum absolute atomic E-state index is 0.0148. The van der Waals surface area contributed by atoms with Crippen LogP contribution in [0.2, 0.25) is 5.02 Å². The summed E-state index contributed by atoms with van der Waals surface area (Å²) in [6, 6.07) is 7.62. The van der Waals surface area contributed by atoms with Gasteiger partial charge in [0, 0.05) is 11.6 Å². The molecule has 0 aromatic heterocycles. The smallest absolute Gasteiger partial charge is 0.224 e. The van der Waals surface area contributed by atoms with Crippen molar-refractivity contribution in [2.24, 2.45) is 17.6 Å². The van der Waals surface area contributed by atoms with Crippen LogP contribution in [0, 0.1) is 11.8 Å². The highest BCUT2D eigenvalue weighted by atomic mass is 35.5. The minimum Gasteiger partial charge on any atom is -0.349 e. The first-order chi connectivity index (χ1) is 9.47. The third-order valence-corrected chi connectivity index (χ3v) is 3.66. The van der Waals surface area contributed by atoms with Crippen LogP contribution in [0.3, 0.4) is 0 Å². The molecule has 0 saturated carbocycles. The third kappa shape index (κ3) is 5.14. The molecule has 2 unspecified atom stereocenters. The van der Waals surface area contributed by atoms with E-state index in [-0.39, 0.29) is 17.9 Å². The van der Waals surface area contributed by atoms with Crippen molar-refractivity contribution in [3.63, 3.8) is 0 Å². The first kappa shape index (κ1) is 17.0. The highest BCUT2D eigenvalue weighted by Gasteiger charge is 2.21. The normalized spacial score (nSPS) is 14.1. The Kier molecular flexibility index (Phi) is 7.03. The molecule has 1 aromatic rings. The molecule has 0 radical (unpaired) electrons. The number of rotatable bonds is 7. The van der Waals surface area contributed by atoms with Crippen LogP contribution < -0.4 is 11.1 Å². The van der Waals surface area contributed by atoms with E-state index in [0.29, 0.717) is 17.5 Å². The summed E-state index contributed by atoms with van der Waals surface area (Å²) < 4.78 is 0. The Balaban J connectivity index is 2.72. The average molecular weight is 297 g/mol. The van der Waals surface area contributed by atoms with Gasteiger partial charge in [-0.05, 0) is 36.5 Å². The predicted molar refractivity (Wildman–Crippen MR) is 84.6 cm³/mol. The fourth-order valence-corrected chi connectivity index (χ4v) is 2.41. The summed E-state index contributed by atoms with van der Waals surface area (Å²) in [6.07, 6.45) is 1.66. The molecule has 0 fully saturated rings. The maximum atomic E-state index is 12.3. The fraction of sp³-hybridized carbons (Fsp3) is 0.562. The second-order valence-electron chi connectivity index (χ2n) is 5.58. The summed E-state index contributed by atoms with van der Waals surface area (Å²) in [5, 5.41) is 3.80. The van der Waals surface area contributed by atoms with E-state index in [1.807, 2.05) is 24.3 Å². The number of nitrogens with two attached hydrogens (primary N) is 1. The van der Waals surface area contributed by atoms with Crippen molar-refractivity contribution in [1.82, 2.24) is 5.32 Å². The third-order valence-electron chi connectivity index (χ3n) is 3.41. The van der Waals surface area contributed by atoms with Gasteiger partial charge in [-0.1, -0.05) is 44.5 Å². The first-order valence-corrected chi connectivity index (χ1v) is 7.61. The molecule has 20 heavy (non-hydrogen) atoms. The molecule has 112 valence electrons. The molecule has 0 bridgehead atoms. The van der Waals surface area contributed by atoms with Crippen molar-refractivity contribution in [2.75, 3.05) is 6.54 Å². The minimum atomic E-state index is -0.114. The highest BCUT2D eigenvalue weighted by Crippen LogP contribution is 2.20. The topological polar surface area (TPSA) is 55.1 Å².